The van der Waals surface area contributed by atoms with E-state index in [-0.39, 0.29) is 11.9 Å². The van der Waals surface area contributed by atoms with Gasteiger partial charge in [0.2, 0.25) is 5.91 Å². The van der Waals surface area contributed by atoms with Gasteiger partial charge in [-0.3, -0.25) is 4.79 Å². The van der Waals surface area contributed by atoms with E-state index >= 15 is 0 Å². The Morgan fingerprint density at radius 1 is 1.25 bits per heavy atom. The van der Waals surface area contributed by atoms with E-state index in [1.807, 2.05) is 26.0 Å². The molecule has 2 N–H and O–H groups in total. The van der Waals surface area contributed by atoms with Crippen molar-refractivity contribution in [3.05, 3.63) is 17.7 Å². The van der Waals surface area contributed by atoms with Crippen molar-refractivity contribution in [3.8, 4) is 11.5 Å². The minimum absolute atomic E-state index is 0.0293. The molecule has 5 heteroatoms. The van der Waals surface area contributed by atoms with E-state index in [0.717, 1.165) is 24.1 Å². The van der Waals surface area contributed by atoms with Crippen LogP contribution in [0.1, 0.15) is 25.3 Å². The molecule has 1 aliphatic carbocycles. The monoisotopic (exact) mass is 278 g/mol. The molecule has 0 saturated heterocycles. The van der Waals surface area contributed by atoms with Gasteiger partial charge < -0.3 is 20.1 Å². The Morgan fingerprint density at radius 2 is 1.85 bits per heavy atom. The number of ether oxygens (including phenoxy) is 2. The van der Waals surface area contributed by atoms with Gasteiger partial charge in [0, 0.05) is 17.8 Å². The van der Waals surface area contributed by atoms with Crippen LogP contribution in [0.25, 0.3) is 0 Å². The van der Waals surface area contributed by atoms with E-state index in [4.69, 9.17) is 9.47 Å². The van der Waals surface area contributed by atoms with Gasteiger partial charge in [0.1, 0.15) is 6.04 Å². The molecule has 1 aliphatic rings. The molecule has 20 heavy (non-hydrogen) atoms. The van der Waals surface area contributed by atoms with E-state index in [1.54, 1.807) is 14.2 Å². The maximum absolute atomic E-state index is 12.0. The molecular formula is C15H22N2O3. The minimum atomic E-state index is -0.285. The predicted molar refractivity (Wildman–Crippen MR) is 78.5 cm³/mol. The number of methoxy groups -OCH3 is 2. The molecule has 1 aromatic rings. The summed E-state index contributed by atoms with van der Waals surface area (Å²) in [5.74, 6) is 1.36. The minimum Gasteiger partial charge on any atom is -0.493 e. The summed E-state index contributed by atoms with van der Waals surface area (Å²) in [4.78, 5) is 12.0. The van der Waals surface area contributed by atoms with Crippen molar-refractivity contribution in [1.29, 1.82) is 0 Å². The zero-order valence-corrected chi connectivity index (χ0v) is 12.4. The van der Waals surface area contributed by atoms with Crippen molar-refractivity contribution < 1.29 is 14.3 Å². The van der Waals surface area contributed by atoms with Crippen LogP contribution in [-0.2, 0) is 4.79 Å². The Kier molecular flexibility index (Phi) is 4.37. The Hall–Kier alpha value is -1.91. The first-order valence-electron chi connectivity index (χ1n) is 6.84. The van der Waals surface area contributed by atoms with Crippen LogP contribution in [0.4, 0.5) is 5.69 Å². The molecule has 1 saturated carbocycles. The maximum atomic E-state index is 12.0. The first-order chi connectivity index (χ1) is 9.55. The number of carbonyl (C=O) groups is 1. The van der Waals surface area contributed by atoms with Gasteiger partial charge in [-0.2, -0.15) is 0 Å². The van der Waals surface area contributed by atoms with Gasteiger partial charge in [-0.05, 0) is 38.3 Å². The SMILES string of the molecule is COc1cc(C)c(NC(C)C(=O)NC2CC2)cc1OC. The number of amides is 1. The van der Waals surface area contributed by atoms with Crippen molar-refractivity contribution >= 4 is 11.6 Å². The molecule has 0 radical (unpaired) electrons. The van der Waals surface area contributed by atoms with Crippen LogP contribution in [0.2, 0.25) is 0 Å². The number of rotatable bonds is 6. The van der Waals surface area contributed by atoms with Crippen LogP contribution in [0, 0.1) is 6.92 Å². The number of benzene rings is 1. The second kappa shape index (κ2) is 6.03. The van der Waals surface area contributed by atoms with Gasteiger partial charge in [-0.1, -0.05) is 0 Å². The fraction of sp³-hybridized carbons (Fsp3) is 0.533. The number of hydrogen-bond donors (Lipinski definition) is 2. The number of carbonyl (C=O) groups excluding carboxylic acids is 1. The zero-order valence-electron chi connectivity index (χ0n) is 12.4. The molecule has 1 fully saturated rings. The van der Waals surface area contributed by atoms with Crippen molar-refractivity contribution in [3.63, 3.8) is 0 Å². The lowest BCUT2D eigenvalue weighted by Crippen LogP contribution is -2.38. The highest BCUT2D eigenvalue weighted by Crippen LogP contribution is 2.33. The lowest BCUT2D eigenvalue weighted by atomic mass is 10.1. The van der Waals surface area contributed by atoms with Crippen molar-refractivity contribution in [2.24, 2.45) is 0 Å². The third-order valence-corrected chi connectivity index (χ3v) is 3.42. The van der Waals surface area contributed by atoms with Crippen molar-refractivity contribution in [1.82, 2.24) is 5.32 Å². The Bertz CT molecular complexity index is 498. The summed E-state index contributed by atoms with van der Waals surface area (Å²) in [6, 6.07) is 3.84. The molecule has 1 unspecified atom stereocenters. The number of aryl methyl sites for hydroxylation is 1. The van der Waals surface area contributed by atoms with E-state index < -0.39 is 0 Å². The van der Waals surface area contributed by atoms with Gasteiger partial charge in [-0.25, -0.2) is 0 Å². The van der Waals surface area contributed by atoms with E-state index in [9.17, 15) is 4.79 Å². The highest BCUT2D eigenvalue weighted by atomic mass is 16.5. The molecule has 1 aromatic carbocycles. The highest BCUT2D eigenvalue weighted by molar-refractivity contribution is 5.85. The second-order valence-corrected chi connectivity index (χ2v) is 5.17. The van der Waals surface area contributed by atoms with Crippen LogP contribution in [0.15, 0.2) is 12.1 Å². The Balaban J connectivity index is 2.09. The Labute approximate surface area is 119 Å². The van der Waals surface area contributed by atoms with Crippen LogP contribution in [-0.4, -0.2) is 32.2 Å². The topological polar surface area (TPSA) is 59.6 Å². The molecule has 1 atom stereocenters. The van der Waals surface area contributed by atoms with Crippen molar-refractivity contribution in [2.75, 3.05) is 19.5 Å². The molecule has 0 heterocycles. The molecule has 5 nitrogen and oxygen atoms in total. The summed E-state index contributed by atoms with van der Waals surface area (Å²) in [6.45, 7) is 3.82. The molecular weight excluding hydrogens is 256 g/mol. The summed E-state index contributed by atoms with van der Waals surface area (Å²) in [7, 11) is 3.20. The number of nitrogens with one attached hydrogen (secondary N) is 2. The fourth-order valence-electron chi connectivity index (χ4n) is 1.99. The van der Waals surface area contributed by atoms with Crippen LogP contribution in [0.5, 0.6) is 11.5 Å². The molecule has 0 spiro atoms. The van der Waals surface area contributed by atoms with E-state index in [2.05, 4.69) is 10.6 Å². The third kappa shape index (κ3) is 3.35. The zero-order chi connectivity index (χ0) is 14.7. The normalized spacial score (nSPS) is 15.4. The molecule has 1 amide bonds. The van der Waals surface area contributed by atoms with Crippen LogP contribution in [0.3, 0.4) is 0 Å². The average molecular weight is 278 g/mol. The molecule has 0 bridgehead atoms. The van der Waals surface area contributed by atoms with Crippen LogP contribution < -0.4 is 20.1 Å². The number of hydrogen-bond acceptors (Lipinski definition) is 4. The van der Waals surface area contributed by atoms with Gasteiger partial charge in [0.15, 0.2) is 11.5 Å². The first-order valence-corrected chi connectivity index (χ1v) is 6.84. The molecule has 0 aromatic heterocycles. The maximum Gasteiger partial charge on any atom is 0.242 e. The molecule has 110 valence electrons. The van der Waals surface area contributed by atoms with E-state index in [1.165, 1.54) is 0 Å². The highest BCUT2D eigenvalue weighted by Gasteiger charge is 2.25. The largest absolute Gasteiger partial charge is 0.493 e. The fourth-order valence-corrected chi connectivity index (χ4v) is 1.99. The second-order valence-electron chi connectivity index (χ2n) is 5.17. The number of anilines is 1. The standard InChI is InChI=1S/C15H22N2O3/c1-9-7-13(19-3)14(20-4)8-12(9)16-10(2)15(18)17-11-5-6-11/h7-8,10-11,16H,5-6H2,1-4H3,(H,17,18). The van der Waals surface area contributed by atoms with Crippen LogP contribution >= 0.6 is 0 Å². The van der Waals surface area contributed by atoms with Crippen molar-refractivity contribution in [2.45, 2.75) is 38.8 Å². The lowest BCUT2D eigenvalue weighted by molar-refractivity contribution is -0.121. The molecule has 0 aliphatic heterocycles. The Morgan fingerprint density at radius 3 is 2.40 bits per heavy atom. The third-order valence-electron chi connectivity index (χ3n) is 3.42. The first kappa shape index (κ1) is 14.5. The lowest BCUT2D eigenvalue weighted by Gasteiger charge is -2.18. The predicted octanol–water partition coefficient (Wildman–Crippen LogP) is 2.09. The quantitative estimate of drug-likeness (QED) is 0.836. The summed E-state index contributed by atoms with van der Waals surface area (Å²) >= 11 is 0. The smallest absolute Gasteiger partial charge is 0.242 e. The average Bonchev–Trinajstić information content (AvgIpc) is 3.24. The van der Waals surface area contributed by atoms with Gasteiger partial charge in [0.25, 0.3) is 0 Å². The summed E-state index contributed by atoms with van der Waals surface area (Å²) < 4.78 is 10.5. The van der Waals surface area contributed by atoms with Gasteiger partial charge in [-0.15, -0.1) is 0 Å². The molecule has 2 rings (SSSR count). The van der Waals surface area contributed by atoms with Gasteiger partial charge in [0.05, 0.1) is 14.2 Å². The summed E-state index contributed by atoms with van der Waals surface area (Å²) in [5, 5.41) is 6.21. The van der Waals surface area contributed by atoms with Gasteiger partial charge >= 0.3 is 0 Å². The summed E-state index contributed by atoms with van der Waals surface area (Å²) in [5.41, 5.74) is 1.88. The van der Waals surface area contributed by atoms with E-state index in [0.29, 0.717) is 17.5 Å². The summed E-state index contributed by atoms with van der Waals surface area (Å²) in [6.07, 6.45) is 2.18.